The summed E-state index contributed by atoms with van der Waals surface area (Å²) in [6, 6.07) is 2.94. The van der Waals surface area contributed by atoms with E-state index in [1.54, 1.807) is 0 Å². The largest absolute Gasteiger partial charge is 0.416 e. The lowest BCUT2D eigenvalue weighted by molar-refractivity contribution is -0.137. The van der Waals surface area contributed by atoms with Crippen LogP contribution in [0.2, 0.25) is 0 Å². The Morgan fingerprint density at radius 2 is 2.14 bits per heavy atom. The lowest BCUT2D eigenvalue weighted by atomic mass is 10.1. The summed E-state index contributed by atoms with van der Waals surface area (Å²) in [5.74, 6) is -0.595. The van der Waals surface area contributed by atoms with Gasteiger partial charge in [-0.15, -0.1) is 0 Å². The number of hydrogen-bond donors (Lipinski definition) is 1. The van der Waals surface area contributed by atoms with Gasteiger partial charge in [0.25, 0.3) is 5.91 Å². The fourth-order valence-corrected chi connectivity index (χ4v) is 2.26. The van der Waals surface area contributed by atoms with Crippen molar-refractivity contribution in [3.05, 3.63) is 33.8 Å². The van der Waals surface area contributed by atoms with E-state index in [0.29, 0.717) is 24.3 Å². The first-order valence-corrected chi connectivity index (χ1v) is 7.01. The van der Waals surface area contributed by atoms with Gasteiger partial charge in [0.15, 0.2) is 0 Å². The molecule has 116 valence electrons. The summed E-state index contributed by atoms with van der Waals surface area (Å²) in [7, 11) is 0. The molecule has 1 fully saturated rings. The molecule has 1 heterocycles. The summed E-state index contributed by atoms with van der Waals surface area (Å²) >= 11 is 3.08. The third-order valence-electron chi connectivity index (χ3n) is 2.91. The van der Waals surface area contributed by atoms with Gasteiger partial charge in [-0.05, 0) is 34.1 Å². The third-order valence-corrected chi connectivity index (χ3v) is 3.61. The predicted molar refractivity (Wildman–Crippen MR) is 72.0 cm³/mol. The molecule has 4 nitrogen and oxygen atoms in total. The van der Waals surface area contributed by atoms with Crippen LogP contribution in [0.25, 0.3) is 0 Å². The minimum absolute atomic E-state index is 0.0680. The normalized spacial score (nSPS) is 19.3. The highest BCUT2D eigenvalue weighted by molar-refractivity contribution is 9.10. The Labute approximate surface area is 127 Å². The summed E-state index contributed by atoms with van der Waals surface area (Å²) in [6.45, 7) is 1.48. The van der Waals surface area contributed by atoms with E-state index < -0.39 is 17.6 Å². The van der Waals surface area contributed by atoms with Gasteiger partial charge in [-0.25, -0.2) is 0 Å². The van der Waals surface area contributed by atoms with Gasteiger partial charge in [0.05, 0.1) is 37.1 Å². The van der Waals surface area contributed by atoms with E-state index in [-0.39, 0.29) is 18.2 Å². The number of halogens is 4. The van der Waals surface area contributed by atoms with Crippen molar-refractivity contribution in [2.45, 2.75) is 12.3 Å². The van der Waals surface area contributed by atoms with Gasteiger partial charge in [-0.1, -0.05) is 0 Å². The van der Waals surface area contributed by atoms with Crippen LogP contribution in [0.4, 0.5) is 13.2 Å². The molecule has 1 unspecified atom stereocenters. The van der Waals surface area contributed by atoms with Crippen molar-refractivity contribution >= 4 is 21.8 Å². The fraction of sp³-hybridized carbons (Fsp3) is 0.462. The number of hydrogen-bond acceptors (Lipinski definition) is 3. The van der Waals surface area contributed by atoms with Crippen LogP contribution in [-0.2, 0) is 15.7 Å². The molecule has 1 amide bonds. The minimum Gasteiger partial charge on any atom is -0.376 e. The molecule has 0 saturated carbocycles. The van der Waals surface area contributed by atoms with Crippen LogP contribution < -0.4 is 5.32 Å². The maximum atomic E-state index is 12.7. The Balaban J connectivity index is 2.04. The number of carbonyl (C=O) groups is 1. The lowest BCUT2D eigenvalue weighted by Crippen LogP contribution is -2.39. The molecule has 0 aliphatic carbocycles. The first-order chi connectivity index (χ1) is 9.88. The van der Waals surface area contributed by atoms with Crippen LogP contribution >= 0.6 is 15.9 Å². The second-order valence-corrected chi connectivity index (χ2v) is 5.32. The van der Waals surface area contributed by atoms with E-state index in [0.717, 1.165) is 12.1 Å². The van der Waals surface area contributed by atoms with Gasteiger partial charge in [-0.2, -0.15) is 13.2 Å². The summed E-state index contributed by atoms with van der Waals surface area (Å²) in [5.41, 5.74) is -0.936. The summed E-state index contributed by atoms with van der Waals surface area (Å²) < 4.78 is 48.8. The highest BCUT2D eigenvalue weighted by Gasteiger charge is 2.31. The molecule has 1 aliphatic heterocycles. The Morgan fingerprint density at radius 3 is 2.76 bits per heavy atom. The minimum atomic E-state index is -4.49. The molecule has 21 heavy (non-hydrogen) atoms. The lowest BCUT2D eigenvalue weighted by Gasteiger charge is -2.23. The number of ether oxygens (including phenoxy) is 2. The number of rotatable bonds is 3. The molecule has 1 N–H and O–H groups in total. The van der Waals surface area contributed by atoms with E-state index in [9.17, 15) is 18.0 Å². The molecule has 1 saturated heterocycles. The molecule has 0 aromatic heterocycles. The van der Waals surface area contributed by atoms with Gasteiger partial charge in [0.2, 0.25) is 0 Å². The maximum Gasteiger partial charge on any atom is 0.416 e. The molecule has 2 rings (SSSR count). The molecule has 0 bridgehead atoms. The second-order valence-electron chi connectivity index (χ2n) is 4.47. The van der Waals surface area contributed by atoms with Gasteiger partial charge < -0.3 is 14.8 Å². The highest BCUT2D eigenvalue weighted by Crippen LogP contribution is 2.31. The molecular weight excluding hydrogens is 355 g/mol. The van der Waals surface area contributed by atoms with Gasteiger partial charge in [0, 0.05) is 11.0 Å². The summed E-state index contributed by atoms with van der Waals surface area (Å²) in [6.07, 6.45) is -4.77. The zero-order valence-corrected chi connectivity index (χ0v) is 12.5. The fourth-order valence-electron chi connectivity index (χ4n) is 1.83. The van der Waals surface area contributed by atoms with Crippen LogP contribution in [0.1, 0.15) is 15.9 Å². The van der Waals surface area contributed by atoms with E-state index in [4.69, 9.17) is 9.47 Å². The van der Waals surface area contributed by atoms with Crippen molar-refractivity contribution in [3.8, 4) is 0 Å². The maximum absolute atomic E-state index is 12.7. The molecule has 1 aromatic rings. The molecule has 1 aliphatic rings. The van der Waals surface area contributed by atoms with Crippen molar-refractivity contribution in [1.29, 1.82) is 0 Å². The van der Waals surface area contributed by atoms with Crippen LogP contribution in [0, 0.1) is 0 Å². The van der Waals surface area contributed by atoms with Crippen LogP contribution in [0.15, 0.2) is 22.7 Å². The number of alkyl halides is 3. The van der Waals surface area contributed by atoms with Crippen molar-refractivity contribution in [2.24, 2.45) is 0 Å². The van der Waals surface area contributed by atoms with Gasteiger partial charge in [-0.3, -0.25) is 4.79 Å². The molecule has 1 atom stereocenters. The highest BCUT2D eigenvalue weighted by atomic mass is 79.9. The molecule has 1 aromatic carbocycles. The first-order valence-electron chi connectivity index (χ1n) is 6.22. The Morgan fingerprint density at radius 1 is 1.38 bits per heavy atom. The van der Waals surface area contributed by atoms with E-state index >= 15 is 0 Å². The summed E-state index contributed by atoms with van der Waals surface area (Å²) in [4.78, 5) is 12.0. The van der Waals surface area contributed by atoms with Crippen molar-refractivity contribution in [3.63, 3.8) is 0 Å². The zero-order valence-electron chi connectivity index (χ0n) is 10.9. The van der Waals surface area contributed by atoms with Crippen molar-refractivity contribution in [1.82, 2.24) is 5.32 Å². The van der Waals surface area contributed by atoms with Gasteiger partial charge >= 0.3 is 6.18 Å². The topological polar surface area (TPSA) is 47.6 Å². The van der Waals surface area contributed by atoms with E-state index in [2.05, 4.69) is 21.2 Å². The summed E-state index contributed by atoms with van der Waals surface area (Å²) in [5, 5.41) is 2.55. The number of benzene rings is 1. The van der Waals surface area contributed by atoms with Gasteiger partial charge in [0.1, 0.15) is 0 Å². The molecule has 8 heteroatoms. The molecule has 0 radical (unpaired) electrons. The van der Waals surface area contributed by atoms with Crippen molar-refractivity contribution in [2.75, 3.05) is 26.4 Å². The van der Waals surface area contributed by atoms with Crippen LogP contribution in [0.5, 0.6) is 0 Å². The second kappa shape index (κ2) is 6.76. The number of carbonyl (C=O) groups excluding carboxylic acids is 1. The first kappa shape index (κ1) is 16.3. The Hall–Kier alpha value is -1.12. The third kappa shape index (κ3) is 4.42. The molecular formula is C13H13BrF3NO3. The van der Waals surface area contributed by atoms with E-state index in [1.807, 2.05) is 0 Å². The predicted octanol–water partition coefficient (Wildman–Crippen LogP) is 2.61. The van der Waals surface area contributed by atoms with Crippen LogP contribution in [-0.4, -0.2) is 38.4 Å². The van der Waals surface area contributed by atoms with Crippen LogP contribution in [0.3, 0.4) is 0 Å². The molecule has 0 spiro atoms. The van der Waals surface area contributed by atoms with Crippen molar-refractivity contribution < 1.29 is 27.4 Å². The standard InChI is InChI=1S/C13H13BrF3NO3/c14-11-2-1-8(13(15,16)17)5-10(11)12(19)18-6-9-7-20-3-4-21-9/h1-2,5,9H,3-4,6-7H2,(H,18,19). The smallest absolute Gasteiger partial charge is 0.376 e. The van der Waals surface area contributed by atoms with E-state index in [1.165, 1.54) is 6.07 Å². The number of nitrogens with one attached hydrogen (secondary N) is 1. The average Bonchev–Trinajstić information content (AvgIpc) is 2.45. The Bertz CT molecular complexity index is 516. The number of amides is 1. The average molecular weight is 368 g/mol. The SMILES string of the molecule is O=C(NCC1COCCO1)c1cc(C(F)(F)F)ccc1Br. The Kier molecular flexibility index (Phi) is 5.23. The monoisotopic (exact) mass is 367 g/mol. The quantitative estimate of drug-likeness (QED) is 0.893. The zero-order chi connectivity index (χ0) is 15.5.